The van der Waals surface area contributed by atoms with Gasteiger partial charge in [-0.2, -0.15) is 0 Å². The molecule has 0 bridgehead atoms. The van der Waals surface area contributed by atoms with Crippen LogP contribution in [0.4, 0.5) is 5.69 Å². The van der Waals surface area contributed by atoms with Gasteiger partial charge in [-0.1, -0.05) is 11.8 Å². The lowest BCUT2D eigenvalue weighted by Crippen LogP contribution is -2.31. The van der Waals surface area contributed by atoms with Gasteiger partial charge in [-0.25, -0.2) is 4.99 Å². The Morgan fingerprint density at radius 1 is 1.45 bits per heavy atom. The molecule has 0 saturated carbocycles. The average molecular weight is 320 g/mol. The van der Waals surface area contributed by atoms with Crippen molar-refractivity contribution in [1.82, 2.24) is 15.5 Å². The molecule has 0 spiro atoms. The Labute approximate surface area is 134 Å². The first-order chi connectivity index (χ1) is 10.5. The minimum Gasteiger partial charge on any atom is -0.351 e. The van der Waals surface area contributed by atoms with Gasteiger partial charge in [0.05, 0.1) is 11.4 Å². The average Bonchev–Trinajstić information content (AvgIpc) is 2.86. The number of carbonyl (C=O) groups excluding carboxylic acids is 2. The highest BCUT2D eigenvalue weighted by molar-refractivity contribution is 8.15. The fourth-order valence-electron chi connectivity index (χ4n) is 1.91. The van der Waals surface area contributed by atoms with Crippen LogP contribution in [0.5, 0.6) is 0 Å². The number of amides is 2. The van der Waals surface area contributed by atoms with E-state index in [0.29, 0.717) is 23.0 Å². The molecule has 0 aromatic heterocycles. The molecule has 0 unspecified atom stereocenters. The molecule has 22 heavy (non-hydrogen) atoms. The largest absolute Gasteiger partial charge is 0.351 e. The van der Waals surface area contributed by atoms with Crippen molar-refractivity contribution < 1.29 is 9.59 Å². The van der Waals surface area contributed by atoms with E-state index in [1.807, 2.05) is 32.0 Å². The summed E-state index contributed by atoms with van der Waals surface area (Å²) in [4.78, 5) is 29.6. The summed E-state index contributed by atoms with van der Waals surface area (Å²) in [6, 6.07) is 5.36. The lowest BCUT2D eigenvalue weighted by atomic mass is 10.1. The van der Waals surface area contributed by atoms with Gasteiger partial charge in [0.15, 0.2) is 5.17 Å². The Morgan fingerprint density at radius 2 is 2.23 bits per heavy atom. The first-order valence-corrected chi connectivity index (χ1v) is 7.99. The zero-order valence-electron chi connectivity index (χ0n) is 13.0. The number of benzene rings is 1. The van der Waals surface area contributed by atoms with Crippen LogP contribution in [-0.4, -0.2) is 54.8 Å². The lowest BCUT2D eigenvalue weighted by Gasteiger charge is -2.11. The van der Waals surface area contributed by atoms with Gasteiger partial charge in [-0.05, 0) is 44.8 Å². The molecule has 1 fully saturated rings. The van der Waals surface area contributed by atoms with Crippen LogP contribution < -0.4 is 10.6 Å². The van der Waals surface area contributed by atoms with Crippen molar-refractivity contribution in [3.8, 4) is 0 Å². The molecule has 1 aliphatic heterocycles. The summed E-state index contributed by atoms with van der Waals surface area (Å²) in [5.41, 5.74) is 2.27. The number of aryl methyl sites for hydroxylation is 1. The molecular weight excluding hydrogens is 300 g/mol. The third kappa shape index (κ3) is 4.57. The highest BCUT2D eigenvalue weighted by Gasteiger charge is 2.17. The number of nitrogens with one attached hydrogen (secondary N) is 2. The summed E-state index contributed by atoms with van der Waals surface area (Å²) >= 11 is 1.38. The number of amidine groups is 1. The molecule has 1 saturated heterocycles. The summed E-state index contributed by atoms with van der Waals surface area (Å²) in [7, 11) is 3.92. The Kier molecular flexibility index (Phi) is 5.57. The number of hydrogen-bond acceptors (Lipinski definition) is 5. The van der Waals surface area contributed by atoms with Crippen LogP contribution in [0.25, 0.3) is 0 Å². The number of likely N-dealkylation sites (N-methyl/N-ethyl adjacent to an activating group) is 1. The fourth-order valence-corrected chi connectivity index (χ4v) is 2.60. The zero-order chi connectivity index (χ0) is 16.1. The number of nitrogens with zero attached hydrogens (tertiary/aromatic N) is 2. The number of hydrogen-bond donors (Lipinski definition) is 2. The molecule has 2 rings (SSSR count). The van der Waals surface area contributed by atoms with Crippen LogP contribution in [0.2, 0.25) is 0 Å². The van der Waals surface area contributed by atoms with Gasteiger partial charge in [-0.3, -0.25) is 9.59 Å². The highest BCUT2D eigenvalue weighted by atomic mass is 32.2. The third-order valence-corrected chi connectivity index (χ3v) is 3.99. The van der Waals surface area contributed by atoms with Crippen LogP contribution in [0.3, 0.4) is 0 Å². The molecule has 2 N–H and O–H groups in total. The van der Waals surface area contributed by atoms with Gasteiger partial charge < -0.3 is 15.5 Å². The standard InChI is InChI=1S/C15H20N4O2S/c1-10-8-11(14(21)16-6-7-19(2)3)4-5-12(10)17-15-18-13(20)9-22-15/h4-5,8H,6-7,9H2,1-3H3,(H,16,21)(H,17,18,20). The molecule has 0 aliphatic carbocycles. The van der Waals surface area contributed by atoms with Gasteiger partial charge in [0, 0.05) is 18.7 Å². The molecular formula is C15H20N4O2S. The minimum absolute atomic E-state index is 0.0294. The Hall–Kier alpha value is -1.86. The van der Waals surface area contributed by atoms with Gasteiger partial charge >= 0.3 is 0 Å². The maximum Gasteiger partial charge on any atom is 0.251 e. The van der Waals surface area contributed by atoms with Crippen LogP contribution in [0, 0.1) is 6.92 Å². The van der Waals surface area contributed by atoms with Gasteiger partial charge in [-0.15, -0.1) is 0 Å². The highest BCUT2D eigenvalue weighted by Crippen LogP contribution is 2.22. The van der Waals surface area contributed by atoms with E-state index in [4.69, 9.17) is 0 Å². The maximum atomic E-state index is 12.1. The molecule has 2 amide bonds. The monoisotopic (exact) mass is 320 g/mol. The van der Waals surface area contributed by atoms with Gasteiger partial charge in [0.1, 0.15) is 0 Å². The first-order valence-electron chi connectivity index (χ1n) is 7.00. The van der Waals surface area contributed by atoms with E-state index < -0.39 is 0 Å². The summed E-state index contributed by atoms with van der Waals surface area (Å²) in [5.74, 6) is 0.288. The first kappa shape index (κ1) is 16.5. The van der Waals surface area contributed by atoms with E-state index in [-0.39, 0.29) is 11.8 Å². The molecule has 1 aromatic rings. The second-order valence-corrected chi connectivity index (χ2v) is 6.28. The Balaban J connectivity index is 2.03. The minimum atomic E-state index is -0.0901. The summed E-state index contributed by atoms with van der Waals surface area (Å²) < 4.78 is 0. The summed E-state index contributed by atoms with van der Waals surface area (Å²) in [5, 5.41) is 6.18. The quantitative estimate of drug-likeness (QED) is 0.853. The number of carbonyl (C=O) groups is 2. The van der Waals surface area contributed by atoms with Crippen molar-refractivity contribution in [2.45, 2.75) is 6.92 Å². The van der Waals surface area contributed by atoms with E-state index in [1.54, 1.807) is 12.1 Å². The Bertz CT molecular complexity index is 614. The van der Waals surface area contributed by atoms with Crippen molar-refractivity contribution in [1.29, 1.82) is 0 Å². The third-order valence-electron chi connectivity index (χ3n) is 3.11. The number of thioether (sulfide) groups is 1. The van der Waals surface area contributed by atoms with E-state index in [2.05, 4.69) is 15.6 Å². The number of rotatable bonds is 5. The maximum absolute atomic E-state index is 12.1. The van der Waals surface area contributed by atoms with Crippen LogP contribution in [0.1, 0.15) is 15.9 Å². The fraction of sp³-hybridized carbons (Fsp3) is 0.400. The molecule has 1 aromatic carbocycles. The van der Waals surface area contributed by atoms with Crippen LogP contribution in [-0.2, 0) is 4.79 Å². The summed E-state index contributed by atoms with van der Waals surface area (Å²) in [6.45, 7) is 3.31. The topological polar surface area (TPSA) is 73.8 Å². The molecule has 1 aliphatic rings. The smallest absolute Gasteiger partial charge is 0.251 e. The predicted octanol–water partition coefficient (Wildman–Crippen LogP) is 1.14. The molecule has 118 valence electrons. The number of aliphatic imine (C=N–C) groups is 1. The summed E-state index contributed by atoms with van der Waals surface area (Å²) in [6.07, 6.45) is 0. The molecule has 7 heteroatoms. The molecule has 0 radical (unpaired) electrons. The zero-order valence-corrected chi connectivity index (χ0v) is 13.8. The molecule has 6 nitrogen and oxygen atoms in total. The lowest BCUT2D eigenvalue weighted by molar-refractivity contribution is -0.116. The second-order valence-electron chi connectivity index (χ2n) is 5.31. The van der Waals surface area contributed by atoms with Crippen molar-refractivity contribution in [3.63, 3.8) is 0 Å². The van der Waals surface area contributed by atoms with E-state index in [1.165, 1.54) is 11.8 Å². The molecule has 1 heterocycles. The molecule has 0 atom stereocenters. The van der Waals surface area contributed by atoms with Crippen molar-refractivity contribution in [2.75, 3.05) is 32.9 Å². The normalized spacial score (nSPS) is 16.2. The van der Waals surface area contributed by atoms with Gasteiger partial charge in [0.2, 0.25) is 5.91 Å². The Morgan fingerprint density at radius 3 is 2.82 bits per heavy atom. The van der Waals surface area contributed by atoms with E-state index >= 15 is 0 Å². The van der Waals surface area contributed by atoms with E-state index in [9.17, 15) is 9.59 Å². The van der Waals surface area contributed by atoms with Crippen LogP contribution in [0.15, 0.2) is 23.2 Å². The SMILES string of the molecule is Cc1cc(C(=O)NCCN(C)C)ccc1N=C1NC(=O)CS1. The second kappa shape index (κ2) is 7.42. The van der Waals surface area contributed by atoms with Crippen molar-refractivity contribution in [2.24, 2.45) is 4.99 Å². The predicted molar refractivity (Wildman–Crippen MR) is 89.8 cm³/mol. The van der Waals surface area contributed by atoms with E-state index in [0.717, 1.165) is 17.8 Å². The van der Waals surface area contributed by atoms with Crippen molar-refractivity contribution in [3.05, 3.63) is 29.3 Å². The van der Waals surface area contributed by atoms with Crippen LogP contribution >= 0.6 is 11.8 Å². The van der Waals surface area contributed by atoms with Gasteiger partial charge in [0.25, 0.3) is 5.91 Å². The van der Waals surface area contributed by atoms with Crippen molar-refractivity contribution >= 4 is 34.4 Å².